The lowest BCUT2D eigenvalue weighted by molar-refractivity contribution is 0.0281. The van der Waals surface area contributed by atoms with Crippen molar-refractivity contribution in [2.24, 2.45) is 0 Å². The molecule has 2 aliphatic rings. The fourth-order valence-corrected chi connectivity index (χ4v) is 4.87. The number of nitrogens with zero attached hydrogens (tertiary/aromatic N) is 1. The summed E-state index contributed by atoms with van der Waals surface area (Å²) in [6.07, 6.45) is 4.26. The highest BCUT2D eigenvalue weighted by molar-refractivity contribution is 5.94. The molecule has 0 saturated carbocycles. The molecule has 154 valence electrons. The molecule has 2 heterocycles. The summed E-state index contributed by atoms with van der Waals surface area (Å²) in [6.45, 7) is 7.60. The maximum absolute atomic E-state index is 12.7. The minimum absolute atomic E-state index is 0.0990. The fraction of sp³-hybridized carbons (Fsp3) is 0.480. The molecule has 2 aliphatic heterocycles. The van der Waals surface area contributed by atoms with Crippen LogP contribution in [-0.4, -0.2) is 42.6 Å². The van der Waals surface area contributed by atoms with Gasteiger partial charge in [0.05, 0.1) is 0 Å². The first-order valence-corrected chi connectivity index (χ1v) is 11.0. The van der Waals surface area contributed by atoms with Gasteiger partial charge in [-0.05, 0) is 76.4 Å². The molecule has 29 heavy (non-hydrogen) atoms. The average molecular weight is 393 g/mol. The number of rotatable bonds is 4. The number of hydrogen-bond acceptors (Lipinski definition) is 3. The van der Waals surface area contributed by atoms with Gasteiger partial charge in [0.2, 0.25) is 0 Å². The second kappa shape index (κ2) is 8.58. The van der Waals surface area contributed by atoms with Gasteiger partial charge in [-0.15, -0.1) is 0 Å². The number of benzene rings is 2. The van der Waals surface area contributed by atoms with Crippen molar-refractivity contribution in [3.63, 3.8) is 0 Å². The van der Waals surface area contributed by atoms with Crippen LogP contribution >= 0.6 is 0 Å². The summed E-state index contributed by atoms with van der Waals surface area (Å²) in [5.41, 5.74) is 3.20. The molecule has 0 bridgehead atoms. The minimum atomic E-state index is -0.0990. The van der Waals surface area contributed by atoms with Crippen molar-refractivity contribution >= 4 is 5.91 Å². The first-order chi connectivity index (χ1) is 14.2. The Morgan fingerprint density at radius 3 is 2.59 bits per heavy atom. The molecule has 2 atom stereocenters. The van der Waals surface area contributed by atoms with Crippen molar-refractivity contribution in [3.8, 4) is 5.75 Å². The van der Waals surface area contributed by atoms with E-state index in [9.17, 15) is 4.79 Å². The Bertz CT molecular complexity index is 834. The van der Waals surface area contributed by atoms with Crippen molar-refractivity contribution in [1.29, 1.82) is 0 Å². The van der Waals surface area contributed by atoms with E-state index in [1.165, 1.54) is 11.1 Å². The molecule has 4 nitrogen and oxygen atoms in total. The van der Waals surface area contributed by atoms with E-state index >= 15 is 0 Å². The third-order valence-corrected chi connectivity index (χ3v) is 6.55. The SMILES string of the molecule is CCN(CC)C(=O)c1ccc(C2C[C@]3(CCCNCC3)Oc3ccccc32)cc1. The van der Waals surface area contributed by atoms with Gasteiger partial charge in [0, 0.05) is 30.1 Å². The van der Waals surface area contributed by atoms with Crippen molar-refractivity contribution in [2.75, 3.05) is 26.2 Å². The van der Waals surface area contributed by atoms with Crippen molar-refractivity contribution < 1.29 is 9.53 Å². The topological polar surface area (TPSA) is 41.6 Å². The van der Waals surface area contributed by atoms with Crippen LogP contribution in [-0.2, 0) is 0 Å². The van der Waals surface area contributed by atoms with Crippen LogP contribution in [0.3, 0.4) is 0 Å². The molecule has 0 aromatic heterocycles. The molecule has 1 amide bonds. The number of nitrogens with one attached hydrogen (secondary N) is 1. The number of carbonyl (C=O) groups is 1. The van der Waals surface area contributed by atoms with E-state index in [0.29, 0.717) is 5.92 Å². The molecule has 1 fully saturated rings. The van der Waals surface area contributed by atoms with E-state index in [4.69, 9.17) is 4.74 Å². The van der Waals surface area contributed by atoms with E-state index < -0.39 is 0 Å². The molecule has 0 aliphatic carbocycles. The Hall–Kier alpha value is -2.33. The number of hydrogen-bond donors (Lipinski definition) is 1. The summed E-state index contributed by atoms with van der Waals surface area (Å²) in [5.74, 6) is 1.44. The number of carbonyl (C=O) groups excluding carboxylic acids is 1. The molecule has 1 N–H and O–H groups in total. The van der Waals surface area contributed by atoms with Gasteiger partial charge in [0.25, 0.3) is 5.91 Å². The molecule has 1 unspecified atom stereocenters. The van der Waals surface area contributed by atoms with Crippen LogP contribution in [0.15, 0.2) is 48.5 Å². The van der Waals surface area contributed by atoms with Gasteiger partial charge >= 0.3 is 0 Å². The summed E-state index contributed by atoms with van der Waals surface area (Å²) in [5, 5.41) is 3.52. The van der Waals surface area contributed by atoms with E-state index in [0.717, 1.165) is 63.2 Å². The van der Waals surface area contributed by atoms with E-state index in [2.05, 4.69) is 41.7 Å². The zero-order valence-corrected chi connectivity index (χ0v) is 17.6. The molecular weight excluding hydrogens is 360 g/mol. The number of fused-ring (bicyclic) bond motifs is 1. The van der Waals surface area contributed by atoms with Gasteiger partial charge in [0.15, 0.2) is 0 Å². The predicted octanol–water partition coefficient (Wildman–Crippen LogP) is 4.60. The first kappa shape index (κ1) is 20.0. The summed E-state index contributed by atoms with van der Waals surface area (Å²) in [4.78, 5) is 14.5. The molecule has 2 aromatic carbocycles. The summed E-state index contributed by atoms with van der Waals surface area (Å²) in [6, 6.07) is 16.7. The highest BCUT2D eigenvalue weighted by atomic mass is 16.5. The van der Waals surface area contributed by atoms with E-state index in [-0.39, 0.29) is 11.5 Å². The molecule has 0 radical (unpaired) electrons. The molecule has 1 spiro atoms. The van der Waals surface area contributed by atoms with Crippen molar-refractivity contribution in [2.45, 2.75) is 51.0 Å². The van der Waals surface area contributed by atoms with Crippen LogP contribution in [0.2, 0.25) is 0 Å². The quantitative estimate of drug-likeness (QED) is 0.827. The molecule has 1 saturated heterocycles. The Morgan fingerprint density at radius 2 is 1.83 bits per heavy atom. The average Bonchev–Trinajstić information content (AvgIpc) is 2.99. The van der Waals surface area contributed by atoms with Crippen molar-refractivity contribution in [3.05, 3.63) is 65.2 Å². The van der Waals surface area contributed by atoms with Crippen LogP contribution < -0.4 is 10.1 Å². The summed E-state index contributed by atoms with van der Waals surface area (Å²) < 4.78 is 6.61. The second-order valence-electron chi connectivity index (χ2n) is 8.28. The van der Waals surface area contributed by atoms with Crippen LogP contribution in [0.1, 0.15) is 66.9 Å². The van der Waals surface area contributed by atoms with Crippen LogP contribution in [0.25, 0.3) is 0 Å². The number of para-hydroxylation sites is 1. The van der Waals surface area contributed by atoms with Crippen LogP contribution in [0.4, 0.5) is 0 Å². The monoisotopic (exact) mass is 392 g/mol. The first-order valence-electron chi connectivity index (χ1n) is 11.0. The number of amides is 1. The van der Waals surface area contributed by atoms with Gasteiger partial charge < -0.3 is 15.0 Å². The standard InChI is InChI=1S/C25H32N2O2/c1-3-27(4-2)24(28)20-12-10-19(11-13-20)22-18-25(14-7-16-26-17-15-25)29-23-9-6-5-8-21(22)23/h5-6,8-13,22,26H,3-4,7,14-18H2,1-2H3/t22?,25-/m1/s1. The maximum atomic E-state index is 12.7. The number of ether oxygens (including phenoxy) is 1. The Morgan fingerprint density at radius 1 is 1.07 bits per heavy atom. The van der Waals surface area contributed by atoms with Gasteiger partial charge in [-0.25, -0.2) is 0 Å². The van der Waals surface area contributed by atoms with E-state index in [1.807, 2.05) is 30.9 Å². The zero-order valence-electron chi connectivity index (χ0n) is 17.6. The summed E-state index contributed by atoms with van der Waals surface area (Å²) in [7, 11) is 0. The Kier molecular flexibility index (Phi) is 5.91. The lowest BCUT2D eigenvalue weighted by atomic mass is 9.75. The van der Waals surface area contributed by atoms with Crippen LogP contribution in [0, 0.1) is 0 Å². The lowest BCUT2D eigenvalue weighted by Crippen LogP contribution is -2.42. The Labute approximate surface area is 174 Å². The zero-order chi connectivity index (χ0) is 20.3. The van der Waals surface area contributed by atoms with Gasteiger partial charge in [0.1, 0.15) is 11.4 Å². The highest BCUT2D eigenvalue weighted by Gasteiger charge is 2.41. The second-order valence-corrected chi connectivity index (χ2v) is 8.28. The third-order valence-electron chi connectivity index (χ3n) is 6.55. The molecule has 4 rings (SSSR count). The molecular formula is C25H32N2O2. The minimum Gasteiger partial charge on any atom is -0.487 e. The van der Waals surface area contributed by atoms with Crippen molar-refractivity contribution in [1.82, 2.24) is 10.2 Å². The summed E-state index contributed by atoms with van der Waals surface area (Å²) >= 11 is 0. The predicted molar refractivity (Wildman–Crippen MR) is 117 cm³/mol. The third kappa shape index (κ3) is 4.04. The lowest BCUT2D eigenvalue weighted by Gasteiger charge is -2.42. The molecule has 4 heteroatoms. The largest absolute Gasteiger partial charge is 0.487 e. The highest BCUT2D eigenvalue weighted by Crippen LogP contribution is 2.47. The fourth-order valence-electron chi connectivity index (χ4n) is 4.87. The molecule has 2 aromatic rings. The Balaban J connectivity index is 1.65. The smallest absolute Gasteiger partial charge is 0.253 e. The van der Waals surface area contributed by atoms with Gasteiger partial charge in [-0.2, -0.15) is 0 Å². The van der Waals surface area contributed by atoms with Gasteiger partial charge in [-0.1, -0.05) is 30.3 Å². The van der Waals surface area contributed by atoms with E-state index in [1.54, 1.807) is 0 Å². The van der Waals surface area contributed by atoms with Gasteiger partial charge in [-0.3, -0.25) is 4.79 Å². The maximum Gasteiger partial charge on any atom is 0.253 e. The normalized spacial score (nSPS) is 23.7. The van der Waals surface area contributed by atoms with Crippen LogP contribution in [0.5, 0.6) is 5.75 Å².